The molecule has 0 aliphatic carbocycles. The Hall–Kier alpha value is -2.60. The molecule has 116 valence electrons. The number of aromatic nitrogens is 2. The van der Waals surface area contributed by atoms with Crippen LogP contribution in [0.2, 0.25) is 0 Å². The number of amides is 1. The average molecular weight is 372 g/mol. The molecule has 0 unspecified atom stereocenters. The summed E-state index contributed by atoms with van der Waals surface area (Å²) in [6, 6.07) is 14.3. The molecular weight excluding hydrogens is 358 g/mol. The third-order valence-electron chi connectivity index (χ3n) is 3.48. The first-order valence-electron chi connectivity index (χ1n) is 6.96. The van der Waals surface area contributed by atoms with Crippen LogP contribution in [0.25, 0.3) is 5.69 Å². The van der Waals surface area contributed by atoms with Gasteiger partial charge in [0, 0.05) is 4.47 Å². The fourth-order valence-corrected chi connectivity index (χ4v) is 2.51. The van der Waals surface area contributed by atoms with Crippen LogP contribution in [-0.2, 0) is 0 Å². The smallest absolute Gasteiger partial charge is 0.259 e. The van der Waals surface area contributed by atoms with Gasteiger partial charge in [0.25, 0.3) is 5.91 Å². The molecule has 2 N–H and O–H groups in total. The van der Waals surface area contributed by atoms with Crippen molar-refractivity contribution in [3.8, 4) is 11.4 Å². The molecule has 1 amide bonds. The number of phenols is 1. The van der Waals surface area contributed by atoms with Crippen LogP contribution in [0.1, 0.15) is 16.1 Å². The minimum atomic E-state index is -0.313. The molecule has 1 aromatic heterocycles. The topological polar surface area (TPSA) is 67.2 Å². The molecule has 0 atom stereocenters. The highest BCUT2D eigenvalue weighted by Crippen LogP contribution is 2.23. The highest BCUT2D eigenvalue weighted by atomic mass is 79.9. The predicted octanol–water partition coefficient (Wildman–Crippen LogP) is 3.90. The summed E-state index contributed by atoms with van der Waals surface area (Å²) in [5, 5.41) is 16.7. The third-order valence-corrected chi connectivity index (χ3v) is 4.01. The summed E-state index contributed by atoms with van der Waals surface area (Å²) in [7, 11) is 0. The Labute approximate surface area is 141 Å². The lowest BCUT2D eigenvalue weighted by Gasteiger charge is -2.08. The molecule has 0 aliphatic rings. The van der Waals surface area contributed by atoms with Crippen molar-refractivity contribution in [1.82, 2.24) is 9.78 Å². The molecule has 0 radical (unpaired) electrons. The van der Waals surface area contributed by atoms with Crippen molar-refractivity contribution in [2.24, 2.45) is 0 Å². The van der Waals surface area contributed by atoms with Crippen molar-refractivity contribution >= 4 is 27.5 Å². The fourth-order valence-electron chi connectivity index (χ4n) is 2.24. The molecule has 0 fully saturated rings. The van der Waals surface area contributed by atoms with Crippen LogP contribution in [0.15, 0.2) is 59.2 Å². The van der Waals surface area contributed by atoms with E-state index in [0.29, 0.717) is 11.3 Å². The molecular formula is C17H14BrN3O2. The van der Waals surface area contributed by atoms with E-state index in [1.807, 2.05) is 31.2 Å². The second-order valence-electron chi connectivity index (χ2n) is 5.00. The number of aromatic hydroxyl groups is 1. The number of phenolic OH excluding ortho intramolecular Hbond substituents is 1. The van der Waals surface area contributed by atoms with E-state index < -0.39 is 0 Å². The van der Waals surface area contributed by atoms with Gasteiger partial charge < -0.3 is 10.4 Å². The number of carbonyl (C=O) groups is 1. The molecule has 3 rings (SSSR count). The van der Waals surface area contributed by atoms with Gasteiger partial charge in [-0.2, -0.15) is 5.10 Å². The number of anilines is 1. The molecule has 0 aliphatic heterocycles. The van der Waals surface area contributed by atoms with Gasteiger partial charge >= 0.3 is 0 Å². The molecule has 2 aromatic carbocycles. The van der Waals surface area contributed by atoms with Crippen molar-refractivity contribution < 1.29 is 9.90 Å². The van der Waals surface area contributed by atoms with E-state index >= 15 is 0 Å². The highest BCUT2D eigenvalue weighted by Gasteiger charge is 2.16. The maximum Gasteiger partial charge on any atom is 0.259 e. The Kier molecular flexibility index (Phi) is 4.16. The average Bonchev–Trinajstić information content (AvgIpc) is 2.92. The van der Waals surface area contributed by atoms with Gasteiger partial charge in [-0.3, -0.25) is 4.79 Å². The molecule has 0 spiro atoms. The highest BCUT2D eigenvalue weighted by molar-refractivity contribution is 9.10. The van der Waals surface area contributed by atoms with Crippen LogP contribution < -0.4 is 5.32 Å². The zero-order valence-electron chi connectivity index (χ0n) is 12.3. The van der Waals surface area contributed by atoms with Crippen LogP contribution >= 0.6 is 15.9 Å². The van der Waals surface area contributed by atoms with Gasteiger partial charge in [-0.25, -0.2) is 4.68 Å². The van der Waals surface area contributed by atoms with E-state index in [-0.39, 0.29) is 11.7 Å². The Morgan fingerprint density at radius 1 is 1.17 bits per heavy atom. The first-order chi connectivity index (χ1) is 11.1. The maximum absolute atomic E-state index is 12.4. The van der Waals surface area contributed by atoms with Crippen molar-refractivity contribution in [3.63, 3.8) is 0 Å². The van der Waals surface area contributed by atoms with Crippen LogP contribution in [-0.4, -0.2) is 20.8 Å². The molecule has 6 heteroatoms. The summed E-state index contributed by atoms with van der Waals surface area (Å²) in [6.45, 7) is 1.83. The number of para-hydroxylation sites is 2. The normalized spacial score (nSPS) is 10.5. The zero-order valence-corrected chi connectivity index (χ0v) is 13.9. The van der Waals surface area contributed by atoms with Crippen molar-refractivity contribution in [1.29, 1.82) is 0 Å². The van der Waals surface area contributed by atoms with Gasteiger partial charge in [-0.05, 0) is 43.3 Å². The van der Waals surface area contributed by atoms with Gasteiger partial charge in [0.2, 0.25) is 0 Å². The molecule has 0 saturated heterocycles. The summed E-state index contributed by atoms with van der Waals surface area (Å²) in [6.07, 6.45) is 1.52. The number of rotatable bonds is 3. The molecule has 23 heavy (non-hydrogen) atoms. The van der Waals surface area contributed by atoms with Gasteiger partial charge in [0.05, 0.1) is 28.8 Å². The van der Waals surface area contributed by atoms with Crippen LogP contribution in [0.3, 0.4) is 0 Å². The number of carbonyl (C=O) groups excluding carboxylic acids is 1. The summed E-state index contributed by atoms with van der Waals surface area (Å²) in [5.74, 6) is -0.286. The number of nitrogens with zero attached hydrogens (tertiary/aromatic N) is 2. The standard InChI is InChI=1S/C17H14BrN3O2/c1-11-14(17(23)20-15-4-2-3-5-16(15)22)10-19-21(11)13-8-6-12(18)7-9-13/h2-10,22H,1H3,(H,20,23). The SMILES string of the molecule is Cc1c(C(=O)Nc2ccccc2O)cnn1-c1ccc(Br)cc1. The van der Waals surface area contributed by atoms with E-state index in [1.165, 1.54) is 12.3 Å². The number of nitrogens with one attached hydrogen (secondary N) is 1. The summed E-state index contributed by atoms with van der Waals surface area (Å²) < 4.78 is 2.68. The molecule has 0 saturated carbocycles. The first kappa shape index (κ1) is 15.3. The number of halogens is 1. The van der Waals surface area contributed by atoms with Crippen molar-refractivity contribution in [2.75, 3.05) is 5.32 Å². The summed E-state index contributed by atoms with van der Waals surface area (Å²) in [4.78, 5) is 12.4. The lowest BCUT2D eigenvalue weighted by molar-refractivity contribution is 0.102. The Bertz CT molecular complexity index is 857. The predicted molar refractivity (Wildman–Crippen MR) is 92.1 cm³/mol. The van der Waals surface area contributed by atoms with Gasteiger partial charge in [0.1, 0.15) is 5.75 Å². The fraction of sp³-hybridized carbons (Fsp3) is 0.0588. The minimum Gasteiger partial charge on any atom is -0.506 e. The Balaban J connectivity index is 1.88. The van der Waals surface area contributed by atoms with Crippen LogP contribution in [0.4, 0.5) is 5.69 Å². The second kappa shape index (κ2) is 6.26. The van der Waals surface area contributed by atoms with E-state index in [9.17, 15) is 9.90 Å². The Morgan fingerprint density at radius 3 is 2.57 bits per heavy atom. The summed E-state index contributed by atoms with van der Waals surface area (Å²) in [5.41, 5.74) is 2.41. The van der Waals surface area contributed by atoms with Gasteiger partial charge in [0.15, 0.2) is 0 Å². The van der Waals surface area contributed by atoms with E-state index in [1.54, 1.807) is 22.9 Å². The van der Waals surface area contributed by atoms with Gasteiger partial charge in [-0.15, -0.1) is 0 Å². The third kappa shape index (κ3) is 3.12. The van der Waals surface area contributed by atoms with E-state index in [0.717, 1.165) is 15.9 Å². The molecule has 3 aromatic rings. The largest absolute Gasteiger partial charge is 0.506 e. The monoisotopic (exact) mass is 371 g/mol. The second-order valence-corrected chi connectivity index (χ2v) is 5.92. The summed E-state index contributed by atoms with van der Waals surface area (Å²) >= 11 is 3.39. The van der Waals surface area contributed by atoms with Gasteiger partial charge in [-0.1, -0.05) is 28.1 Å². The minimum absolute atomic E-state index is 0.0267. The van der Waals surface area contributed by atoms with E-state index in [4.69, 9.17) is 0 Å². The van der Waals surface area contributed by atoms with Crippen molar-refractivity contribution in [3.05, 3.63) is 70.5 Å². The molecule has 0 bridgehead atoms. The zero-order chi connectivity index (χ0) is 16.4. The van der Waals surface area contributed by atoms with Crippen LogP contribution in [0.5, 0.6) is 5.75 Å². The first-order valence-corrected chi connectivity index (χ1v) is 7.75. The number of hydrogen-bond donors (Lipinski definition) is 2. The lowest BCUT2D eigenvalue weighted by atomic mass is 10.2. The molecule has 1 heterocycles. The Morgan fingerprint density at radius 2 is 1.87 bits per heavy atom. The van der Waals surface area contributed by atoms with E-state index in [2.05, 4.69) is 26.3 Å². The number of hydrogen-bond acceptors (Lipinski definition) is 3. The quantitative estimate of drug-likeness (QED) is 0.686. The van der Waals surface area contributed by atoms with Crippen molar-refractivity contribution in [2.45, 2.75) is 6.92 Å². The lowest BCUT2D eigenvalue weighted by Crippen LogP contribution is -2.13. The number of benzene rings is 2. The molecule has 5 nitrogen and oxygen atoms in total. The maximum atomic E-state index is 12.4. The van der Waals surface area contributed by atoms with Crippen LogP contribution in [0, 0.1) is 6.92 Å².